The third-order valence-electron chi connectivity index (χ3n) is 2.21. The van der Waals surface area contributed by atoms with E-state index < -0.39 is 4.92 Å². The maximum absolute atomic E-state index is 10.9. The molecular formula is C11H7Cl2N3O3. The number of nitro benzene ring substituents is 1. The Morgan fingerprint density at radius 2 is 2.00 bits per heavy atom. The zero-order chi connectivity index (χ0) is 14.0. The number of nitrogens with two attached hydrogens (primary N) is 1. The fourth-order valence-corrected chi connectivity index (χ4v) is 1.65. The Bertz CT molecular complexity index is 649. The summed E-state index contributed by atoms with van der Waals surface area (Å²) >= 11 is 11.5. The van der Waals surface area contributed by atoms with E-state index in [1.165, 1.54) is 12.3 Å². The van der Waals surface area contributed by atoms with E-state index in [-0.39, 0.29) is 33.0 Å². The second-order valence-corrected chi connectivity index (χ2v) is 4.31. The molecule has 6 nitrogen and oxygen atoms in total. The topological polar surface area (TPSA) is 91.3 Å². The van der Waals surface area contributed by atoms with Crippen LogP contribution >= 0.6 is 23.2 Å². The van der Waals surface area contributed by atoms with Crippen molar-refractivity contribution >= 4 is 34.6 Å². The van der Waals surface area contributed by atoms with Gasteiger partial charge in [0.1, 0.15) is 0 Å². The van der Waals surface area contributed by atoms with Gasteiger partial charge in [-0.25, -0.2) is 4.98 Å². The highest BCUT2D eigenvalue weighted by Crippen LogP contribution is 2.38. The standard InChI is InChI=1S/C11H7Cl2N3O3/c12-6-4-9(16(17)18)10(5-7(6)13)19-11-8(14)2-1-3-15-11/h1-5H,14H2. The number of aromatic nitrogens is 1. The minimum absolute atomic E-state index is 0.0592. The average molecular weight is 300 g/mol. The highest BCUT2D eigenvalue weighted by Gasteiger charge is 2.20. The summed E-state index contributed by atoms with van der Waals surface area (Å²) in [5, 5.41) is 11.1. The van der Waals surface area contributed by atoms with Crippen molar-refractivity contribution in [3.63, 3.8) is 0 Å². The second-order valence-electron chi connectivity index (χ2n) is 3.49. The van der Waals surface area contributed by atoms with Crippen molar-refractivity contribution in [3.05, 3.63) is 50.6 Å². The van der Waals surface area contributed by atoms with Crippen LogP contribution in [0.25, 0.3) is 0 Å². The van der Waals surface area contributed by atoms with Gasteiger partial charge in [-0.2, -0.15) is 0 Å². The lowest BCUT2D eigenvalue weighted by molar-refractivity contribution is -0.385. The molecule has 0 saturated carbocycles. The normalized spacial score (nSPS) is 10.2. The molecule has 0 spiro atoms. The summed E-state index contributed by atoms with van der Waals surface area (Å²) in [5.74, 6) is -0.0196. The van der Waals surface area contributed by atoms with Crippen LogP contribution < -0.4 is 10.5 Å². The molecule has 0 fully saturated rings. The molecule has 0 unspecified atom stereocenters. The number of ether oxygens (including phenoxy) is 1. The molecule has 0 radical (unpaired) electrons. The molecule has 1 aromatic heterocycles. The molecule has 8 heteroatoms. The molecule has 19 heavy (non-hydrogen) atoms. The van der Waals surface area contributed by atoms with Crippen LogP contribution in [0.1, 0.15) is 0 Å². The van der Waals surface area contributed by atoms with Crippen LogP contribution in [-0.4, -0.2) is 9.91 Å². The molecule has 0 aliphatic rings. The molecule has 0 atom stereocenters. The van der Waals surface area contributed by atoms with Crippen molar-refractivity contribution in [1.29, 1.82) is 0 Å². The molecule has 98 valence electrons. The van der Waals surface area contributed by atoms with Crippen LogP contribution in [0.3, 0.4) is 0 Å². The quantitative estimate of drug-likeness (QED) is 0.689. The molecule has 0 amide bonds. The van der Waals surface area contributed by atoms with E-state index in [0.29, 0.717) is 0 Å². The van der Waals surface area contributed by atoms with Gasteiger partial charge in [-0.3, -0.25) is 10.1 Å². The Morgan fingerprint density at radius 1 is 1.32 bits per heavy atom. The zero-order valence-corrected chi connectivity index (χ0v) is 10.9. The van der Waals surface area contributed by atoms with Crippen LogP contribution in [0, 0.1) is 10.1 Å². The molecule has 1 aromatic carbocycles. The van der Waals surface area contributed by atoms with Crippen LogP contribution in [0.5, 0.6) is 11.6 Å². The predicted molar refractivity (Wildman–Crippen MR) is 71.8 cm³/mol. The first-order valence-corrected chi connectivity index (χ1v) is 5.76. The van der Waals surface area contributed by atoms with Crippen LogP contribution in [0.15, 0.2) is 30.5 Å². The fraction of sp³-hybridized carbons (Fsp3) is 0. The summed E-state index contributed by atoms with van der Waals surface area (Å²) in [7, 11) is 0. The number of hydrogen-bond acceptors (Lipinski definition) is 5. The lowest BCUT2D eigenvalue weighted by atomic mass is 10.3. The largest absolute Gasteiger partial charge is 0.430 e. The predicted octanol–water partition coefficient (Wildman–Crippen LogP) is 3.67. The molecule has 2 rings (SSSR count). The first kappa shape index (κ1) is 13.4. The van der Waals surface area contributed by atoms with Gasteiger partial charge in [-0.1, -0.05) is 23.2 Å². The van der Waals surface area contributed by atoms with Crippen molar-refractivity contribution < 1.29 is 9.66 Å². The SMILES string of the molecule is Nc1cccnc1Oc1cc(Cl)c(Cl)cc1[N+](=O)[O-]. The Hall–Kier alpha value is -2.05. The summed E-state index contributed by atoms with van der Waals surface area (Å²) < 4.78 is 5.32. The number of rotatable bonds is 3. The molecule has 0 aliphatic carbocycles. The fourth-order valence-electron chi connectivity index (χ4n) is 1.34. The Kier molecular flexibility index (Phi) is 3.73. The van der Waals surface area contributed by atoms with Gasteiger partial charge in [0, 0.05) is 18.3 Å². The third kappa shape index (κ3) is 2.86. The first-order valence-electron chi connectivity index (χ1n) is 5.01. The van der Waals surface area contributed by atoms with Crippen LogP contribution in [-0.2, 0) is 0 Å². The summed E-state index contributed by atoms with van der Waals surface area (Å²) in [6.07, 6.45) is 1.45. The van der Waals surface area contributed by atoms with Crippen molar-refractivity contribution in [2.75, 3.05) is 5.73 Å². The minimum atomic E-state index is -0.628. The monoisotopic (exact) mass is 299 g/mol. The van der Waals surface area contributed by atoms with Gasteiger partial charge in [-0.05, 0) is 12.1 Å². The Balaban J connectivity index is 2.48. The van der Waals surface area contributed by atoms with Crippen molar-refractivity contribution in [2.45, 2.75) is 0 Å². The van der Waals surface area contributed by atoms with Gasteiger partial charge < -0.3 is 10.5 Å². The van der Waals surface area contributed by atoms with Crippen LogP contribution in [0.2, 0.25) is 10.0 Å². The molecule has 0 saturated heterocycles. The molecule has 1 heterocycles. The maximum atomic E-state index is 10.9. The van der Waals surface area contributed by atoms with Gasteiger partial charge in [-0.15, -0.1) is 0 Å². The first-order chi connectivity index (χ1) is 8.99. The van der Waals surface area contributed by atoms with Gasteiger partial charge in [0.15, 0.2) is 0 Å². The van der Waals surface area contributed by atoms with E-state index >= 15 is 0 Å². The molecular weight excluding hydrogens is 293 g/mol. The zero-order valence-electron chi connectivity index (χ0n) is 9.34. The molecule has 2 N–H and O–H groups in total. The number of nitro groups is 1. The lowest BCUT2D eigenvalue weighted by Gasteiger charge is -2.08. The number of halogens is 2. The van der Waals surface area contributed by atoms with Crippen molar-refractivity contribution in [1.82, 2.24) is 4.98 Å². The number of anilines is 1. The van der Waals surface area contributed by atoms with E-state index in [0.717, 1.165) is 6.07 Å². The lowest BCUT2D eigenvalue weighted by Crippen LogP contribution is -1.98. The van der Waals surface area contributed by atoms with Gasteiger partial charge in [0.2, 0.25) is 11.6 Å². The van der Waals surface area contributed by atoms with E-state index in [9.17, 15) is 10.1 Å². The van der Waals surface area contributed by atoms with E-state index in [2.05, 4.69) is 4.98 Å². The minimum Gasteiger partial charge on any atom is -0.430 e. The summed E-state index contributed by atoms with van der Waals surface area (Å²) in [6.45, 7) is 0. The number of nitrogen functional groups attached to an aromatic ring is 1. The Labute approximate surface area is 117 Å². The number of benzene rings is 1. The van der Waals surface area contributed by atoms with E-state index in [1.807, 2.05) is 0 Å². The summed E-state index contributed by atoms with van der Waals surface area (Å²) in [5.41, 5.74) is 5.58. The summed E-state index contributed by atoms with van der Waals surface area (Å²) in [4.78, 5) is 14.2. The van der Waals surface area contributed by atoms with Crippen molar-refractivity contribution in [3.8, 4) is 11.6 Å². The van der Waals surface area contributed by atoms with Crippen molar-refractivity contribution in [2.24, 2.45) is 0 Å². The maximum Gasteiger partial charge on any atom is 0.313 e. The highest BCUT2D eigenvalue weighted by molar-refractivity contribution is 6.42. The van der Waals surface area contributed by atoms with E-state index in [1.54, 1.807) is 12.1 Å². The average Bonchev–Trinajstić information content (AvgIpc) is 2.36. The third-order valence-corrected chi connectivity index (χ3v) is 2.93. The summed E-state index contributed by atoms with van der Waals surface area (Å²) in [6, 6.07) is 5.53. The molecule has 2 aromatic rings. The Morgan fingerprint density at radius 3 is 2.63 bits per heavy atom. The van der Waals surface area contributed by atoms with E-state index in [4.69, 9.17) is 33.7 Å². The van der Waals surface area contributed by atoms with Crippen LogP contribution in [0.4, 0.5) is 11.4 Å². The van der Waals surface area contributed by atoms with Gasteiger partial charge >= 0.3 is 5.69 Å². The smallest absolute Gasteiger partial charge is 0.313 e. The number of hydrogen-bond donors (Lipinski definition) is 1. The number of pyridine rings is 1. The second kappa shape index (κ2) is 5.29. The van der Waals surface area contributed by atoms with Gasteiger partial charge in [0.25, 0.3) is 0 Å². The molecule has 0 aliphatic heterocycles. The number of nitrogens with zero attached hydrogens (tertiary/aromatic N) is 2. The van der Waals surface area contributed by atoms with Gasteiger partial charge in [0.05, 0.1) is 20.7 Å². The highest BCUT2D eigenvalue weighted by atomic mass is 35.5. The molecule has 0 bridgehead atoms.